The van der Waals surface area contributed by atoms with Gasteiger partial charge < -0.3 is 14.2 Å². The second kappa shape index (κ2) is 64.4. The van der Waals surface area contributed by atoms with E-state index in [2.05, 4.69) is 93.7 Å². The van der Waals surface area contributed by atoms with Gasteiger partial charge in [0.1, 0.15) is 13.2 Å². The summed E-state index contributed by atoms with van der Waals surface area (Å²) in [7, 11) is 0. The number of hydrogen-bond acceptors (Lipinski definition) is 6. The van der Waals surface area contributed by atoms with E-state index in [1.54, 1.807) is 0 Å². The molecule has 0 aliphatic heterocycles. The maximum Gasteiger partial charge on any atom is 0.306 e. The molecule has 0 saturated carbocycles. The molecule has 6 nitrogen and oxygen atoms in total. The van der Waals surface area contributed by atoms with Crippen LogP contribution in [0.25, 0.3) is 0 Å². The molecule has 76 heavy (non-hydrogen) atoms. The van der Waals surface area contributed by atoms with Gasteiger partial charge in [-0.1, -0.05) is 299 Å². The predicted octanol–water partition coefficient (Wildman–Crippen LogP) is 22.5. The Hall–Kier alpha value is -3.15. The van der Waals surface area contributed by atoms with Gasteiger partial charge in [-0.2, -0.15) is 0 Å². The van der Waals surface area contributed by atoms with E-state index in [0.29, 0.717) is 19.3 Å². The van der Waals surface area contributed by atoms with Crippen molar-refractivity contribution in [1.82, 2.24) is 0 Å². The summed E-state index contributed by atoms with van der Waals surface area (Å²) in [5.74, 6) is -0.865. The van der Waals surface area contributed by atoms with Crippen LogP contribution < -0.4 is 0 Å². The first kappa shape index (κ1) is 72.8. The highest BCUT2D eigenvalue weighted by molar-refractivity contribution is 5.71. The van der Waals surface area contributed by atoms with Crippen LogP contribution in [-0.2, 0) is 28.6 Å². The molecule has 0 aliphatic carbocycles. The number of carbonyl (C=O) groups is 3. The number of esters is 3. The Morgan fingerprint density at radius 3 is 0.829 bits per heavy atom. The van der Waals surface area contributed by atoms with Crippen LogP contribution in [0.1, 0.15) is 335 Å². The standard InChI is InChI=1S/C70H124O6/c1-4-7-10-13-16-19-22-25-26-27-28-29-30-31-32-33-34-35-36-37-38-39-40-41-42-43-44-46-48-51-54-57-60-63-69(72)75-66-67(65-74-68(71)62-59-56-53-50-47-24-21-18-15-12-9-6-3)76-70(73)64-61-58-55-52-49-45-23-20-17-14-11-8-5-2/h7,10,16,19-20,23,25-26,28-29,31-32,67H,4-6,8-9,11-15,17-18,21-22,24,27,30,33-66H2,1-3H3/b10-7-,19-16-,23-20-,26-25-,29-28-,32-31-. The third-order valence-electron chi connectivity index (χ3n) is 14.4. The predicted molar refractivity (Wildman–Crippen MR) is 330 cm³/mol. The van der Waals surface area contributed by atoms with Crippen LogP contribution in [0.5, 0.6) is 0 Å². The molecular weight excluding hydrogens is 937 g/mol. The normalized spacial score (nSPS) is 12.5. The van der Waals surface area contributed by atoms with Gasteiger partial charge in [-0.25, -0.2) is 0 Å². The Balaban J connectivity index is 4.09. The zero-order valence-corrected chi connectivity index (χ0v) is 50.5. The molecular formula is C70H124O6. The maximum atomic E-state index is 12.8. The molecule has 0 aliphatic rings. The van der Waals surface area contributed by atoms with Crippen LogP contribution in [0.4, 0.5) is 0 Å². The first-order chi connectivity index (χ1) is 37.5. The third kappa shape index (κ3) is 61.7. The average Bonchev–Trinajstić information content (AvgIpc) is 3.42. The Bertz CT molecular complexity index is 1400. The number of rotatable bonds is 60. The SMILES string of the molecule is CC/C=C\C/C=C\C/C=C\C/C=C\C/C=C\CCCCCCCCCCCCCCCCCCCC(=O)OCC(COC(=O)CCCCCCCCCCCCCC)OC(=O)CCCCCCC/C=C\CCCCCC. The van der Waals surface area contributed by atoms with Crippen molar-refractivity contribution < 1.29 is 28.6 Å². The smallest absolute Gasteiger partial charge is 0.306 e. The Morgan fingerprint density at radius 2 is 0.513 bits per heavy atom. The second-order valence-corrected chi connectivity index (χ2v) is 22.0. The highest BCUT2D eigenvalue weighted by Gasteiger charge is 2.19. The molecule has 0 rings (SSSR count). The van der Waals surface area contributed by atoms with E-state index >= 15 is 0 Å². The van der Waals surface area contributed by atoms with Crippen LogP contribution in [0.15, 0.2) is 72.9 Å². The molecule has 0 bridgehead atoms. The van der Waals surface area contributed by atoms with Gasteiger partial charge in [0, 0.05) is 19.3 Å². The molecule has 0 fully saturated rings. The Morgan fingerprint density at radius 1 is 0.276 bits per heavy atom. The summed E-state index contributed by atoms with van der Waals surface area (Å²) in [6, 6.07) is 0. The van der Waals surface area contributed by atoms with Crippen molar-refractivity contribution in [3.8, 4) is 0 Å². The summed E-state index contributed by atoms with van der Waals surface area (Å²) in [4.78, 5) is 38.2. The first-order valence-corrected chi connectivity index (χ1v) is 32.9. The third-order valence-corrected chi connectivity index (χ3v) is 14.4. The summed E-state index contributed by atoms with van der Waals surface area (Å²) < 4.78 is 16.9. The maximum absolute atomic E-state index is 12.8. The highest BCUT2D eigenvalue weighted by atomic mass is 16.6. The fourth-order valence-electron chi connectivity index (χ4n) is 9.53. The van der Waals surface area contributed by atoms with Crippen molar-refractivity contribution in [2.24, 2.45) is 0 Å². The molecule has 440 valence electrons. The largest absolute Gasteiger partial charge is 0.462 e. The molecule has 0 N–H and O–H groups in total. The van der Waals surface area contributed by atoms with Gasteiger partial charge in [0.05, 0.1) is 0 Å². The molecule has 1 atom stereocenters. The fraction of sp³-hybridized carbons (Fsp3) is 0.786. The summed E-state index contributed by atoms with van der Waals surface area (Å²) in [5, 5.41) is 0. The lowest BCUT2D eigenvalue weighted by molar-refractivity contribution is -0.167. The fourth-order valence-corrected chi connectivity index (χ4v) is 9.53. The summed E-state index contributed by atoms with van der Waals surface area (Å²) in [5.41, 5.74) is 0. The zero-order chi connectivity index (χ0) is 55.0. The minimum Gasteiger partial charge on any atom is -0.462 e. The van der Waals surface area contributed by atoms with E-state index in [-0.39, 0.29) is 31.1 Å². The van der Waals surface area contributed by atoms with Gasteiger partial charge in [0.25, 0.3) is 0 Å². The van der Waals surface area contributed by atoms with Gasteiger partial charge in [0.2, 0.25) is 0 Å². The lowest BCUT2D eigenvalue weighted by atomic mass is 10.0. The van der Waals surface area contributed by atoms with Crippen molar-refractivity contribution >= 4 is 17.9 Å². The van der Waals surface area contributed by atoms with Crippen LogP contribution in [0, 0.1) is 0 Å². The topological polar surface area (TPSA) is 78.9 Å². The summed E-state index contributed by atoms with van der Waals surface area (Å²) in [6.45, 7) is 6.54. The van der Waals surface area contributed by atoms with E-state index < -0.39 is 6.10 Å². The molecule has 0 aromatic heterocycles. The number of unbranched alkanes of at least 4 members (excludes halogenated alkanes) is 37. The monoisotopic (exact) mass is 1060 g/mol. The number of hydrogen-bond donors (Lipinski definition) is 0. The molecule has 0 aromatic carbocycles. The zero-order valence-electron chi connectivity index (χ0n) is 50.5. The second-order valence-electron chi connectivity index (χ2n) is 22.0. The van der Waals surface area contributed by atoms with Gasteiger partial charge in [-0.3, -0.25) is 14.4 Å². The summed E-state index contributed by atoms with van der Waals surface area (Å²) >= 11 is 0. The highest BCUT2D eigenvalue weighted by Crippen LogP contribution is 2.17. The van der Waals surface area contributed by atoms with Crippen molar-refractivity contribution in [3.63, 3.8) is 0 Å². The lowest BCUT2D eigenvalue weighted by Gasteiger charge is -2.18. The molecule has 6 heteroatoms. The first-order valence-electron chi connectivity index (χ1n) is 32.9. The molecule has 0 heterocycles. The van der Waals surface area contributed by atoms with Crippen molar-refractivity contribution in [1.29, 1.82) is 0 Å². The van der Waals surface area contributed by atoms with E-state index in [1.807, 2.05) is 0 Å². The van der Waals surface area contributed by atoms with Gasteiger partial charge in [-0.05, 0) is 89.9 Å². The number of carbonyl (C=O) groups excluding carboxylic acids is 3. The van der Waals surface area contributed by atoms with Crippen LogP contribution in [0.2, 0.25) is 0 Å². The minimum absolute atomic E-state index is 0.0729. The van der Waals surface area contributed by atoms with E-state index in [1.165, 1.54) is 199 Å². The average molecular weight is 1060 g/mol. The molecule has 0 spiro atoms. The Kier molecular flexibility index (Phi) is 61.7. The van der Waals surface area contributed by atoms with Gasteiger partial charge in [-0.15, -0.1) is 0 Å². The van der Waals surface area contributed by atoms with Crippen molar-refractivity contribution in [3.05, 3.63) is 72.9 Å². The van der Waals surface area contributed by atoms with Crippen molar-refractivity contribution in [2.45, 2.75) is 341 Å². The lowest BCUT2D eigenvalue weighted by Crippen LogP contribution is -2.30. The van der Waals surface area contributed by atoms with E-state index in [4.69, 9.17) is 14.2 Å². The number of allylic oxidation sites excluding steroid dienone is 12. The van der Waals surface area contributed by atoms with Crippen LogP contribution in [-0.4, -0.2) is 37.2 Å². The van der Waals surface area contributed by atoms with Gasteiger partial charge in [0.15, 0.2) is 6.10 Å². The molecule has 1 unspecified atom stereocenters. The molecule has 0 aromatic rings. The summed E-state index contributed by atoms with van der Waals surface area (Å²) in [6.07, 6.45) is 83.6. The molecule has 0 radical (unpaired) electrons. The van der Waals surface area contributed by atoms with Crippen molar-refractivity contribution in [2.75, 3.05) is 13.2 Å². The quantitative estimate of drug-likeness (QED) is 0.0261. The number of ether oxygens (including phenoxy) is 3. The molecule has 0 amide bonds. The van der Waals surface area contributed by atoms with Crippen LogP contribution in [0.3, 0.4) is 0 Å². The van der Waals surface area contributed by atoms with E-state index in [9.17, 15) is 14.4 Å². The van der Waals surface area contributed by atoms with Crippen LogP contribution >= 0.6 is 0 Å². The molecule has 0 saturated heterocycles. The van der Waals surface area contributed by atoms with E-state index in [0.717, 1.165) is 96.3 Å². The van der Waals surface area contributed by atoms with Gasteiger partial charge >= 0.3 is 17.9 Å². The minimum atomic E-state index is -0.775. The Labute approximate surface area is 472 Å².